The topological polar surface area (TPSA) is 167 Å². The second-order valence-electron chi connectivity index (χ2n) is 9.23. The third-order valence-electron chi connectivity index (χ3n) is 5.80. The number of hydrogen-bond acceptors (Lipinski definition) is 10. The monoisotopic (exact) mass is 642 g/mol. The Labute approximate surface area is 250 Å². The van der Waals surface area contributed by atoms with Crippen LogP contribution in [0, 0.1) is 12.1 Å². The summed E-state index contributed by atoms with van der Waals surface area (Å²) in [5, 5.41) is 19.7. The fourth-order valence-corrected chi connectivity index (χ4v) is 4.44. The number of nitrogens with one attached hydrogen (secondary N) is 1. The molecule has 0 unspecified atom stereocenters. The van der Waals surface area contributed by atoms with Gasteiger partial charge >= 0.3 is 18.2 Å². The summed E-state index contributed by atoms with van der Waals surface area (Å²) >= 11 is 0. The molecular weight excluding hydrogens is 613 g/mol. The smallest absolute Gasteiger partial charge is 0.435 e. The molecule has 0 saturated heterocycles. The number of alkyl halides is 3. The molecule has 2 aromatic carbocycles. The molecule has 0 saturated carbocycles. The Morgan fingerprint density at radius 1 is 1.09 bits per heavy atom. The van der Waals surface area contributed by atoms with Crippen LogP contribution < -0.4 is 4.72 Å². The first kappa shape index (κ1) is 33.6. The summed E-state index contributed by atoms with van der Waals surface area (Å²) in [4.78, 5) is 27.0. The number of rotatable bonds is 13. The van der Waals surface area contributed by atoms with Crippen LogP contribution in [0.2, 0.25) is 0 Å². The molecule has 0 aliphatic heterocycles. The fourth-order valence-electron chi connectivity index (χ4n) is 3.55. The fraction of sp³-hybridized carbons (Fsp3) is 0.346. The van der Waals surface area contributed by atoms with Crippen LogP contribution in [0.1, 0.15) is 31.0 Å². The standard InChI is InChI=1S/C26H29F3N6O8S/c1-18-6-8-20(9-7-18)23-16-24(26(27,28)29)30-34(23)21-10-12-22(13-11-21)44(39,40)31-25(37)41-15-5-4-14-33(3)35(38)32-43-17-42-19(2)36/h6-13,16H,4-5,14-15,17H2,1-3H3,(H,31,37)/b35-32-. The minimum atomic E-state index is -4.71. The van der Waals surface area contributed by atoms with Gasteiger partial charge in [0, 0.05) is 12.5 Å². The largest absolute Gasteiger partial charge is 0.569 e. The number of nitrogens with zero attached hydrogens (tertiary/aromatic N) is 5. The van der Waals surface area contributed by atoms with Crippen LogP contribution in [0.3, 0.4) is 0 Å². The van der Waals surface area contributed by atoms with Gasteiger partial charge in [-0.25, -0.2) is 22.6 Å². The number of carbonyl (C=O) groups excluding carboxylic acids is 2. The summed E-state index contributed by atoms with van der Waals surface area (Å²) < 4.78 is 77.8. The van der Waals surface area contributed by atoms with Crippen molar-refractivity contribution in [2.45, 2.75) is 37.8 Å². The van der Waals surface area contributed by atoms with Crippen LogP contribution in [0.4, 0.5) is 18.0 Å². The average molecular weight is 643 g/mol. The van der Waals surface area contributed by atoms with E-state index in [0.29, 0.717) is 12.0 Å². The maximum Gasteiger partial charge on any atom is 0.435 e. The van der Waals surface area contributed by atoms with Crippen molar-refractivity contribution < 1.29 is 50.5 Å². The van der Waals surface area contributed by atoms with Crippen molar-refractivity contribution in [3.63, 3.8) is 0 Å². The lowest BCUT2D eigenvalue weighted by atomic mass is 10.1. The molecule has 1 amide bonds. The van der Waals surface area contributed by atoms with Gasteiger partial charge in [0.15, 0.2) is 5.69 Å². The lowest BCUT2D eigenvalue weighted by molar-refractivity contribution is -0.706. The predicted octanol–water partition coefficient (Wildman–Crippen LogP) is 4.32. The summed E-state index contributed by atoms with van der Waals surface area (Å²) in [7, 11) is -2.97. The zero-order valence-corrected chi connectivity index (χ0v) is 24.6. The first-order valence-corrected chi connectivity index (χ1v) is 14.3. The number of esters is 1. The highest BCUT2D eigenvalue weighted by Crippen LogP contribution is 2.33. The molecule has 14 nitrogen and oxygen atoms in total. The van der Waals surface area contributed by atoms with Crippen molar-refractivity contribution in [2.75, 3.05) is 27.0 Å². The zero-order valence-electron chi connectivity index (χ0n) is 23.8. The molecule has 18 heteroatoms. The number of aryl methyl sites for hydroxylation is 1. The highest BCUT2D eigenvalue weighted by Gasteiger charge is 2.35. The van der Waals surface area contributed by atoms with Gasteiger partial charge < -0.3 is 19.5 Å². The Morgan fingerprint density at radius 2 is 1.75 bits per heavy atom. The van der Waals surface area contributed by atoms with Gasteiger partial charge in [-0.15, -0.1) is 5.01 Å². The lowest BCUT2D eigenvalue weighted by Crippen LogP contribution is -2.31. The number of carbonyl (C=O) groups is 2. The second-order valence-corrected chi connectivity index (χ2v) is 10.9. The number of halogens is 3. The lowest BCUT2D eigenvalue weighted by Gasteiger charge is -2.13. The van der Waals surface area contributed by atoms with E-state index in [1.54, 1.807) is 29.0 Å². The van der Waals surface area contributed by atoms with Crippen molar-refractivity contribution in [2.24, 2.45) is 5.28 Å². The van der Waals surface area contributed by atoms with Crippen LogP contribution in [-0.4, -0.2) is 67.2 Å². The molecular formula is C26H29F3N6O8S. The molecule has 3 aromatic rings. The Hall–Kier alpha value is -4.87. The zero-order chi connectivity index (χ0) is 32.5. The van der Waals surface area contributed by atoms with E-state index in [1.807, 2.05) is 6.92 Å². The van der Waals surface area contributed by atoms with Gasteiger partial charge in [-0.05, 0) is 50.1 Å². The summed E-state index contributed by atoms with van der Waals surface area (Å²) in [5.41, 5.74) is 0.560. The molecule has 0 spiro atoms. The summed E-state index contributed by atoms with van der Waals surface area (Å²) in [6.45, 7) is 2.47. The number of hydrogen-bond donors (Lipinski definition) is 1. The molecule has 1 aromatic heterocycles. The van der Waals surface area contributed by atoms with Gasteiger partial charge in [-0.2, -0.15) is 18.3 Å². The number of unbranched alkanes of at least 4 members (excludes halogenated alkanes) is 1. The quantitative estimate of drug-likeness (QED) is 0.0708. The molecule has 238 valence electrons. The van der Waals surface area contributed by atoms with Gasteiger partial charge in [-0.1, -0.05) is 29.8 Å². The van der Waals surface area contributed by atoms with Gasteiger partial charge in [0.25, 0.3) is 16.8 Å². The van der Waals surface area contributed by atoms with Crippen LogP contribution in [0.5, 0.6) is 0 Å². The van der Waals surface area contributed by atoms with Crippen molar-refractivity contribution in [3.05, 3.63) is 71.1 Å². The van der Waals surface area contributed by atoms with E-state index in [2.05, 4.69) is 20.0 Å². The highest BCUT2D eigenvalue weighted by molar-refractivity contribution is 7.90. The molecule has 0 atom stereocenters. The molecule has 44 heavy (non-hydrogen) atoms. The Bertz CT molecular complexity index is 1580. The number of sulfonamides is 1. The van der Waals surface area contributed by atoms with Gasteiger partial charge in [0.1, 0.15) is 0 Å². The third-order valence-corrected chi connectivity index (χ3v) is 7.13. The van der Waals surface area contributed by atoms with Crippen LogP contribution in [-0.2, 0) is 35.3 Å². The number of benzene rings is 2. The first-order valence-electron chi connectivity index (χ1n) is 12.9. The molecule has 0 aliphatic carbocycles. The van der Waals surface area contributed by atoms with Gasteiger partial charge in [-0.3, -0.25) is 4.79 Å². The predicted molar refractivity (Wildman–Crippen MR) is 146 cm³/mol. The number of amides is 1. The highest BCUT2D eigenvalue weighted by atomic mass is 32.2. The van der Waals surface area contributed by atoms with Gasteiger partial charge in [0.05, 0.1) is 41.4 Å². The SMILES string of the molecule is CC(=O)OCO/N=[N+](\[O-])N(C)CCCCOC(=O)NS(=O)(=O)c1ccc(-n2nc(C(F)(F)F)cc2-c2ccc(C)cc2)cc1. The molecule has 1 heterocycles. The van der Waals surface area contributed by atoms with Crippen molar-refractivity contribution >= 4 is 22.1 Å². The molecule has 0 radical (unpaired) electrons. The van der Waals surface area contributed by atoms with E-state index in [4.69, 9.17) is 4.74 Å². The summed E-state index contributed by atoms with van der Waals surface area (Å²) in [6.07, 6.45) is -5.33. The molecule has 0 fully saturated rings. The maximum absolute atomic E-state index is 13.4. The van der Waals surface area contributed by atoms with Crippen LogP contribution in [0.25, 0.3) is 16.9 Å². The molecule has 3 rings (SSSR count). The van der Waals surface area contributed by atoms with Crippen LogP contribution >= 0.6 is 0 Å². The number of ether oxygens (including phenoxy) is 2. The second kappa shape index (κ2) is 14.5. The Morgan fingerprint density at radius 3 is 2.36 bits per heavy atom. The van der Waals surface area contributed by atoms with Crippen molar-refractivity contribution in [3.8, 4) is 16.9 Å². The number of hydrazine groups is 1. The summed E-state index contributed by atoms with van der Waals surface area (Å²) in [5.74, 6) is -0.607. The van der Waals surface area contributed by atoms with Crippen molar-refractivity contribution in [1.29, 1.82) is 0 Å². The normalized spacial score (nSPS) is 12.0. The van der Waals surface area contributed by atoms with E-state index < -0.39 is 40.7 Å². The van der Waals surface area contributed by atoms with E-state index in [-0.39, 0.29) is 40.8 Å². The average Bonchev–Trinajstić information content (AvgIpc) is 3.41. The van der Waals surface area contributed by atoms with E-state index in [9.17, 15) is 36.4 Å². The third kappa shape index (κ3) is 9.58. The molecule has 0 bridgehead atoms. The molecule has 0 aliphatic rings. The minimum absolute atomic E-state index is 0.125. The van der Waals surface area contributed by atoms with E-state index in [1.165, 1.54) is 19.2 Å². The van der Waals surface area contributed by atoms with Crippen LogP contribution in [0.15, 0.2) is 64.8 Å². The van der Waals surface area contributed by atoms with E-state index in [0.717, 1.165) is 40.4 Å². The minimum Gasteiger partial charge on any atom is -0.569 e. The Kier molecular flexibility index (Phi) is 11.1. The number of aromatic nitrogens is 2. The Balaban J connectivity index is 1.56. The maximum atomic E-state index is 13.4. The van der Waals surface area contributed by atoms with Gasteiger partial charge in [0.2, 0.25) is 5.28 Å². The summed E-state index contributed by atoms with van der Waals surface area (Å²) in [6, 6.07) is 12.4. The first-order chi connectivity index (χ1) is 20.7. The molecule has 1 N–H and O–H groups in total. The van der Waals surface area contributed by atoms with Crippen molar-refractivity contribution in [1.82, 2.24) is 19.5 Å². The van der Waals surface area contributed by atoms with E-state index >= 15 is 0 Å².